The Hall–Kier alpha value is -0.240. The van der Waals surface area contributed by atoms with Crippen LogP contribution in [0, 0.1) is 5.92 Å². The molecule has 0 spiro atoms. The van der Waals surface area contributed by atoms with Gasteiger partial charge in [-0.1, -0.05) is 43.1 Å². The molecule has 3 heteroatoms. The lowest BCUT2D eigenvalue weighted by Gasteiger charge is -2.27. The summed E-state index contributed by atoms with van der Waals surface area (Å²) in [6, 6.07) is 5.46. The molecule has 1 N–H and O–H groups in total. The molecule has 0 radical (unpaired) electrons. The van der Waals surface area contributed by atoms with E-state index >= 15 is 0 Å². The molecule has 0 aliphatic rings. The molecule has 0 aliphatic heterocycles. The van der Waals surface area contributed by atoms with Crippen molar-refractivity contribution < 1.29 is 5.11 Å². The summed E-state index contributed by atoms with van der Waals surface area (Å²) < 4.78 is 0. The van der Waals surface area contributed by atoms with E-state index in [1.165, 1.54) is 0 Å². The van der Waals surface area contributed by atoms with E-state index in [2.05, 4.69) is 0 Å². The average molecular weight is 247 g/mol. The van der Waals surface area contributed by atoms with Gasteiger partial charge in [-0.15, -0.1) is 0 Å². The van der Waals surface area contributed by atoms with E-state index in [9.17, 15) is 5.11 Å². The Morgan fingerprint density at radius 3 is 2.33 bits per heavy atom. The van der Waals surface area contributed by atoms with Gasteiger partial charge >= 0.3 is 0 Å². The Kier molecular flexibility index (Phi) is 4.05. The predicted molar refractivity (Wildman–Crippen MR) is 65.6 cm³/mol. The van der Waals surface area contributed by atoms with E-state index in [-0.39, 0.29) is 5.92 Å². The van der Waals surface area contributed by atoms with Crippen LogP contribution >= 0.6 is 23.2 Å². The summed E-state index contributed by atoms with van der Waals surface area (Å²) >= 11 is 11.7. The minimum atomic E-state index is -0.711. The van der Waals surface area contributed by atoms with Gasteiger partial charge in [0.2, 0.25) is 0 Å². The van der Waals surface area contributed by atoms with Crippen LogP contribution in [0.25, 0.3) is 0 Å². The third-order valence-electron chi connectivity index (χ3n) is 2.79. The molecule has 1 aromatic rings. The van der Waals surface area contributed by atoms with Crippen molar-refractivity contribution in [2.45, 2.75) is 32.8 Å². The van der Waals surface area contributed by atoms with Gasteiger partial charge in [-0.25, -0.2) is 0 Å². The Morgan fingerprint density at radius 2 is 1.87 bits per heavy atom. The summed E-state index contributed by atoms with van der Waals surface area (Å²) in [6.45, 7) is 5.83. The van der Waals surface area contributed by atoms with Gasteiger partial charge in [0, 0.05) is 6.42 Å². The zero-order valence-electron chi connectivity index (χ0n) is 9.22. The molecule has 0 amide bonds. The zero-order chi connectivity index (χ0) is 11.6. The molecule has 1 atom stereocenters. The van der Waals surface area contributed by atoms with Crippen molar-refractivity contribution in [3.63, 3.8) is 0 Å². The van der Waals surface area contributed by atoms with Crippen LogP contribution in [0.5, 0.6) is 0 Å². The molecule has 1 nitrogen and oxygen atoms in total. The smallest absolute Gasteiger partial charge is 0.0682 e. The molecule has 15 heavy (non-hydrogen) atoms. The van der Waals surface area contributed by atoms with Crippen LogP contribution in [0.2, 0.25) is 10.0 Å². The molecular weight excluding hydrogens is 231 g/mol. The average Bonchev–Trinajstić information content (AvgIpc) is 2.10. The van der Waals surface area contributed by atoms with Crippen LogP contribution in [0.1, 0.15) is 26.3 Å². The van der Waals surface area contributed by atoms with E-state index < -0.39 is 5.60 Å². The van der Waals surface area contributed by atoms with Gasteiger partial charge in [-0.2, -0.15) is 0 Å². The van der Waals surface area contributed by atoms with Gasteiger partial charge in [0.15, 0.2) is 0 Å². The first kappa shape index (κ1) is 12.8. The number of benzene rings is 1. The Balaban J connectivity index is 2.86. The van der Waals surface area contributed by atoms with Gasteiger partial charge in [-0.3, -0.25) is 0 Å². The topological polar surface area (TPSA) is 20.2 Å². The second kappa shape index (κ2) is 4.73. The fraction of sp³-hybridized carbons (Fsp3) is 0.500. The number of hydrogen-bond donors (Lipinski definition) is 1. The SMILES string of the molecule is CC(C)C(C)(O)Cc1ccc(Cl)c(Cl)c1. The first-order chi connectivity index (χ1) is 6.83. The largest absolute Gasteiger partial charge is 0.390 e. The zero-order valence-corrected chi connectivity index (χ0v) is 10.7. The maximum absolute atomic E-state index is 10.1. The minimum Gasteiger partial charge on any atom is -0.390 e. The quantitative estimate of drug-likeness (QED) is 0.857. The summed E-state index contributed by atoms with van der Waals surface area (Å²) in [5.41, 5.74) is 0.292. The van der Waals surface area contributed by atoms with E-state index in [0.29, 0.717) is 16.5 Å². The predicted octanol–water partition coefficient (Wildman–Crippen LogP) is 3.94. The summed E-state index contributed by atoms with van der Waals surface area (Å²) in [6.07, 6.45) is 0.585. The van der Waals surface area contributed by atoms with Crippen LogP contribution in [0.3, 0.4) is 0 Å². The van der Waals surface area contributed by atoms with Crippen molar-refractivity contribution in [3.8, 4) is 0 Å². The number of hydrogen-bond acceptors (Lipinski definition) is 1. The van der Waals surface area contributed by atoms with Crippen molar-refractivity contribution in [2.24, 2.45) is 5.92 Å². The van der Waals surface area contributed by atoms with Crippen LogP contribution in [0.4, 0.5) is 0 Å². The number of halogens is 2. The van der Waals surface area contributed by atoms with Gasteiger partial charge in [0.05, 0.1) is 15.6 Å². The van der Waals surface area contributed by atoms with E-state index in [0.717, 1.165) is 5.56 Å². The van der Waals surface area contributed by atoms with Crippen molar-refractivity contribution in [3.05, 3.63) is 33.8 Å². The number of rotatable bonds is 3. The van der Waals surface area contributed by atoms with Gasteiger partial charge < -0.3 is 5.11 Å². The van der Waals surface area contributed by atoms with Crippen LogP contribution < -0.4 is 0 Å². The van der Waals surface area contributed by atoms with Gasteiger partial charge in [0.1, 0.15) is 0 Å². The molecule has 1 aromatic carbocycles. The van der Waals surface area contributed by atoms with Gasteiger partial charge in [-0.05, 0) is 30.5 Å². The van der Waals surface area contributed by atoms with Crippen LogP contribution in [-0.2, 0) is 6.42 Å². The highest BCUT2D eigenvalue weighted by Gasteiger charge is 2.25. The lowest BCUT2D eigenvalue weighted by molar-refractivity contribution is 0.0140. The normalized spacial score (nSPS) is 15.4. The second-order valence-corrected chi connectivity index (χ2v) is 5.25. The summed E-state index contributed by atoms with van der Waals surface area (Å²) in [5, 5.41) is 11.2. The van der Waals surface area contributed by atoms with E-state index in [4.69, 9.17) is 23.2 Å². The highest BCUT2D eigenvalue weighted by atomic mass is 35.5. The van der Waals surface area contributed by atoms with Crippen LogP contribution in [-0.4, -0.2) is 10.7 Å². The maximum atomic E-state index is 10.1. The molecule has 84 valence electrons. The lowest BCUT2D eigenvalue weighted by Crippen LogP contribution is -2.33. The first-order valence-corrected chi connectivity index (χ1v) is 5.75. The molecule has 0 bridgehead atoms. The first-order valence-electron chi connectivity index (χ1n) is 4.99. The fourth-order valence-corrected chi connectivity index (χ4v) is 1.59. The third-order valence-corrected chi connectivity index (χ3v) is 3.53. The monoisotopic (exact) mass is 246 g/mol. The van der Waals surface area contributed by atoms with Crippen molar-refractivity contribution in [2.75, 3.05) is 0 Å². The van der Waals surface area contributed by atoms with Crippen molar-refractivity contribution >= 4 is 23.2 Å². The van der Waals surface area contributed by atoms with Crippen molar-refractivity contribution in [1.82, 2.24) is 0 Å². The molecular formula is C12H16Cl2O. The van der Waals surface area contributed by atoms with Crippen LogP contribution in [0.15, 0.2) is 18.2 Å². The highest BCUT2D eigenvalue weighted by Crippen LogP contribution is 2.27. The molecule has 1 unspecified atom stereocenters. The van der Waals surface area contributed by atoms with E-state index in [1.807, 2.05) is 26.8 Å². The summed E-state index contributed by atoms with van der Waals surface area (Å²) in [5.74, 6) is 0.201. The molecule has 1 rings (SSSR count). The Labute approximate surface area is 101 Å². The summed E-state index contributed by atoms with van der Waals surface area (Å²) in [7, 11) is 0. The number of aliphatic hydroxyl groups is 1. The Bertz CT molecular complexity index is 345. The highest BCUT2D eigenvalue weighted by molar-refractivity contribution is 6.42. The molecule has 0 aliphatic carbocycles. The lowest BCUT2D eigenvalue weighted by atomic mass is 9.86. The second-order valence-electron chi connectivity index (χ2n) is 4.44. The Morgan fingerprint density at radius 1 is 1.27 bits per heavy atom. The molecule has 0 saturated carbocycles. The standard InChI is InChI=1S/C12H16Cl2O/c1-8(2)12(3,15)7-9-4-5-10(13)11(14)6-9/h4-6,8,15H,7H2,1-3H3. The molecule has 0 saturated heterocycles. The summed E-state index contributed by atoms with van der Waals surface area (Å²) in [4.78, 5) is 0. The molecule has 0 fully saturated rings. The maximum Gasteiger partial charge on any atom is 0.0682 e. The van der Waals surface area contributed by atoms with Crippen molar-refractivity contribution in [1.29, 1.82) is 0 Å². The fourth-order valence-electron chi connectivity index (χ4n) is 1.27. The third kappa shape index (κ3) is 3.37. The molecule has 0 aromatic heterocycles. The minimum absolute atomic E-state index is 0.201. The van der Waals surface area contributed by atoms with E-state index in [1.54, 1.807) is 12.1 Å². The molecule has 0 heterocycles. The van der Waals surface area contributed by atoms with Gasteiger partial charge in [0.25, 0.3) is 0 Å².